The number of ether oxygens (including phenoxy) is 1. The van der Waals surface area contributed by atoms with E-state index >= 15 is 0 Å². The number of nitrogens with zero attached hydrogens (tertiary/aromatic N) is 2. The maximum Gasteiger partial charge on any atom is 0.0847 e. The van der Waals surface area contributed by atoms with Crippen LogP contribution in [0.15, 0.2) is 0 Å². The Morgan fingerprint density at radius 2 is 2.11 bits per heavy atom. The summed E-state index contributed by atoms with van der Waals surface area (Å²) in [7, 11) is 3.87. The van der Waals surface area contributed by atoms with Crippen molar-refractivity contribution in [3.63, 3.8) is 0 Å². The zero-order chi connectivity index (χ0) is 13.9. The fourth-order valence-electron chi connectivity index (χ4n) is 2.26. The molecule has 5 heteroatoms. The summed E-state index contributed by atoms with van der Waals surface area (Å²) in [4.78, 5) is 0. The van der Waals surface area contributed by atoms with Crippen molar-refractivity contribution in [2.45, 2.75) is 45.8 Å². The van der Waals surface area contributed by atoms with Gasteiger partial charge in [0, 0.05) is 26.1 Å². The molecule has 1 rings (SSSR count). The van der Waals surface area contributed by atoms with Gasteiger partial charge in [0.15, 0.2) is 0 Å². The zero-order valence-corrected chi connectivity index (χ0v) is 12.9. The lowest BCUT2D eigenvalue weighted by atomic mass is 9.94. The molecular formula is C13H24ClN3O. The Balaban J connectivity index is 2.92. The van der Waals surface area contributed by atoms with E-state index in [2.05, 4.69) is 24.3 Å². The lowest BCUT2D eigenvalue weighted by Crippen LogP contribution is -2.48. The summed E-state index contributed by atoms with van der Waals surface area (Å²) in [5, 5.41) is 8.41. The van der Waals surface area contributed by atoms with Crippen molar-refractivity contribution in [1.82, 2.24) is 15.1 Å². The van der Waals surface area contributed by atoms with Gasteiger partial charge < -0.3 is 10.1 Å². The van der Waals surface area contributed by atoms with Crippen molar-refractivity contribution in [3.05, 3.63) is 16.4 Å². The highest BCUT2D eigenvalue weighted by Crippen LogP contribution is 2.24. The molecule has 4 nitrogen and oxygen atoms in total. The van der Waals surface area contributed by atoms with Crippen LogP contribution < -0.4 is 5.32 Å². The molecule has 1 unspecified atom stereocenters. The molecule has 0 amide bonds. The number of hydrogen-bond donors (Lipinski definition) is 1. The highest BCUT2D eigenvalue weighted by Gasteiger charge is 2.30. The average Bonchev–Trinajstić information content (AvgIpc) is 2.50. The van der Waals surface area contributed by atoms with Gasteiger partial charge in [0.25, 0.3) is 0 Å². The topological polar surface area (TPSA) is 39.1 Å². The predicted molar refractivity (Wildman–Crippen MR) is 75.2 cm³/mol. The molecule has 1 aromatic rings. The number of aromatic nitrogens is 2. The summed E-state index contributed by atoms with van der Waals surface area (Å²) in [6.45, 7) is 8.82. The van der Waals surface area contributed by atoms with Crippen LogP contribution in [-0.4, -0.2) is 35.1 Å². The smallest absolute Gasteiger partial charge is 0.0847 e. The number of halogens is 1. The molecule has 0 aliphatic rings. The molecule has 0 saturated carbocycles. The Kier molecular flexibility index (Phi) is 5.20. The molecule has 0 bridgehead atoms. The van der Waals surface area contributed by atoms with Crippen molar-refractivity contribution >= 4 is 11.6 Å². The first-order chi connectivity index (χ1) is 8.33. The largest absolute Gasteiger partial charge is 0.374 e. The lowest BCUT2D eigenvalue weighted by molar-refractivity contribution is -0.0366. The van der Waals surface area contributed by atoms with Crippen molar-refractivity contribution in [2.75, 3.05) is 13.7 Å². The van der Waals surface area contributed by atoms with E-state index < -0.39 is 0 Å². The van der Waals surface area contributed by atoms with E-state index in [-0.39, 0.29) is 11.6 Å². The molecule has 0 fully saturated rings. The third-order valence-corrected chi connectivity index (χ3v) is 3.85. The minimum absolute atomic E-state index is 0.185. The quantitative estimate of drug-likeness (QED) is 0.865. The van der Waals surface area contributed by atoms with E-state index in [1.54, 1.807) is 0 Å². The number of aryl methyl sites for hydroxylation is 2. The van der Waals surface area contributed by atoms with E-state index in [0.717, 1.165) is 22.8 Å². The van der Waals surface area contributed by atoms with Gasteiger partial charge in [-0.05, 0) is 34.7 Å². The minimum Gasteiger partial charge on any atom is -0.374 e. The third kappa shape index (κ3) is 3.25. The minimum atomic E-state index is -0.245. The fraction of sp³-hybridized carbons (Fsp3) is 0.769. The highest BCUT2D eigenvalue weighted by atomic mass is 35.5. The van der Waals surface area contributed by atoms with E-state index in [1.165, 1.54) is 0 Å². The van der Waals surface area contributed by atoms with Gasteiger partial charge in [0.2, 0.25) is 0 Å². The Morgan fingerprint density at radius 3 is 2.50 bits per heavy atom. The predicted octanol–water partition coefficient (Wildman–Crippen LogP) is 2.33. The van der Waals surface area contributed by atoms with Gasteiger partial charge in [-0.3, -0.25) is 4.68 Å². The number of rotatable bonds is 6. The summed E-state index contributed by atoms with van der Waals surface area (Å²) in [5.41, 5.74) is 1.67. The average molecular weight is 274 g/mol. The molecule has 0 aromatic carbocycles. The van der Waals surface area contributed by atoms with Gasteiger partial charge in [-0.25, -0.2) is 0 Å². The maximum absolute atomic E-state index is 6.29. The van der Waals surface area contributed by atoms with Crippen LogP contribution in [0.5, 0.6) is 0 Å². The number of nitrogens with one attached hydrogen (secondary N) is 1. The number of hydrogen-bond acceptors (Lipinski definition) is 3. The van der Waals surface area contributed by atoms with Crippen LogP contribution in [0.3, 0.4) is 0 Å². The van der Waals surface area contributed by atoms with Crippen LogP contribution in [0.25, 0.3) is 0 Å². The number of likely N-dealkylation sites (N-methyl/N-ethyl adjacent to an activating group) is 1. The van der Waals surface area contributed by atoms with Crippen molar-refractivity contribution in [2.24, 2.45) is 7.05 Å². The molecule has 1 aromatic heterocycles. The zero-order valence-electron chi connectivity index (χ0n) is 12.2. The first-order valence-electron chi connectivity index (χ1n) is 6.32. The summed E-state index contributed by atoms with van der Waals surface area (Å²) in [6, 6.07) is 0.185. The second-order valence-electron chi connectivity index (χ2n) is 5.05. The standard InChI is InChI=1S/C13H24ClN3O/c1-7-18-13(3,4)11(15-5)8-10-12(14)9(2)16-17(10)6/h11,15H,7-8H2,1-6H3. The first-order valence-corrected chi connectivity index (χ1v) is 6.70. The molecule has 1 heterocycles. The Labute approximate surface area is 115 Å². The maximum atomic E-state index is 6.29. The van der Waals surface area contributed by atoms with E-state index in [4.69, 9.17) is 16.3 Å². The molecule has 0 spiro atoms. The summed E-state index contributed by atoms with van der Waals surface area (Å²) >= 11 is 6.29. The highest BCUT2D eigenvalue weighted by molar-refractivity contribution is 6.31. The van der Waals surface area contributed by atoms with Gasteiger partial charge in [-0.1, -0.05) is 11.6 Å². The van der Waals surface area contributed by atoms with Crippen LogP contribution in [0, 0.1) is 6.92 Å². The lowest BCUT2D eigenvalue weighted by Gasteiger charge is -2.34. The molecule has 18 heavy (non-hydrogen) atoms. The SMILES string of the molecule is CCOC(C)(C)C(Cc1c(Cl)c(C)nn1C)NC. The van der Waals surface area contributed by atoms with Crippen LogP contribution in [0.1, 0.15) is 32.2 Å². The van der Waals surface area contributed by atoms with Crippen molar-refractivity contribution < 1.29 is 4.74 Å². The van der Waals surface area contributed by atoms with Gasteiger partial charge in [0.05, 0.1) is 22.0 Å². The van der Waals surface area contributed by atoms with Crippen LogP contribution in [0.4, 0.5) is 0 Å². The fourth-order valence-corrected chi connectivity index (χ4v) is 2.50. The van der Waals surface area contributed by atoms with E-state index in [1.807, 2.05) is 32.6 Å². The van der Waals surface area contributed by atoms with Gasteiger partial charge in [-0.15, -0.1) is 0 Å². The van der Waals surface area contributed by atoms with Crippen LogP contribution >= 0.6 is 11.6 Å². The molecule has 1 atom stereocenters. The molecule has 0 aliphatic heterocycles. The Hall–Kier alpha value is -0.580. The Bertz CT molecular complexity index is 401. The third-order valence-electron chi connectivity index (χ3n) is 3.36. The van der Waals surface area contributed by atoms with Gasteiger partial charge in [-0.2, -0.15) is 5.10 Å². The molecule has 104 valence electrons. The summed E-state index contributed by atoms with van der Waals surface area (Å²) < 4.78 is 7.66. The molecule has 0 aliphatic carbocycles. The molecule has 1 N–H and O–H groups in total. The summed E-state index contributed by atoms with van der Waals surface area (Å²) in [6.07, 6.45) is 0.791. The molecular weight excluding hydrogens is 250 g/mol. The Morgan fingerprint density at radius 1 is 1.50 bits per heavy atom. The van der Waals surface area contributed by atoms with Crippen LogP contribution in [0.2, 0.25) is 5.02 Å². The summed E-state index contributed by atoms with van der Waals surface area (Å²) in [5.74, 6) is 0. The van der Waals surface area contributed by atoms with Gasteiger partial charge >= 0.3 is 0 Å². The second-order valence-corrected chi connectivity index (χ2v) is 5.43. The normalized spacial score (nSPS) is 13.9. The first kappa shape index (κ1) is 15.5. The monoisotopic (exact) mass is 273 g/mol. The molecule has 0 radical (unpaired) electrons. The van der Waals surface area contributed by atoms with Crippen molar-refractivity contribution in [1.29, 1.82) is 0 Å². The van der Waals surface area contributed by atoms with E-state index in [9.17, 15) is 0 Å². The van der Waals surface area contributed by atoms with Crippen molar-refractivity contribution in [3.8, 4) is 0 Å². The van der Waals surface area contributed by atoms with Crippen LogP contribution in [-0.2, 0) is 18.2 Å². The second kappa shape index (κ2) is 6.04. The van der Waals surface area contributed by atoms with Gasteiger partial charge in [0.1, 0.15) is 0 Å². The van der Waals surface area contributed by atoms with E-state index in [0.29, 0.717) is 6.61 Å². The molecule has 0 saturated heterocycles.